The number of hydrazine groups is 1. The highest BCUT2D eigenvalue weighted by molar-refractivity contribution is 5.94. The Balaban J connectivity index is 2.13. The van der Waals surface area contributed by atoms with E-state index in [0.717, 1.165) is 28.0 Å². The van der Waals surface area contributed by atoms with Gasteiger partial charge in [-0.25, -0.2) is 0 Å². The molecule has 6 nitrogen and oxygen atoms in total. The second kappa shape index (κ2) is 10.1. The Hall–Kier alpha value is -3.28. The molecule has 0 spiro atoms. The summed E-state index contributed by atoms with van der Waals surface area (Å²) >= 11 is 0. The van der Waals surface area contributed by atoms with Gasteiger partial charge in [0.1, 0.15) is 11.5 Å². The zero-order valence-corrected chi connectivity index (χ0v) is 20.9. The number of phenolic OH excluding ortho intramolecular Hbond substituents is 1. The molecular weight excluding hydrogens is 416 g/mol. The lowest BCUT2D eigenvalue weighted by Crippen LogP contribution is -2.42. The molecule has 0 bridgehead atoms. The van der Waals surface area contributed by atoms with Gasteiger partial charge in [-0.3, -0.25) is 20.4 Å². The number of aromatic hydroxyl groups is 1. The quantitative estimate of drug-likeness (QED) is 0.442. The first kappa shape index (κ1) is 26.0. The van der Waals surface area contributed by atoms with Gasteiger partial charge >= 0.3 is 0 Å². The fourth-order valence-electron chi connectivity index (χ4n) is 3.36. The Morgan fingerprint density at radius 1 is 0.939 bits per heavy atom. The third kappa shape index (κ3) is 6.85. The van der Waals surface area contributed by atoms with Crippen LogP contribution < -0.4 is 15.6 Å². The van der Waals surface area contributed by atoms with Crippen LogP contribution in [0.4, 0.5) is 0 Å². The third-order valence-corrected chi connectivity index (χ3v) is 5.49. The molecule has 2 aromatic rings. The summed E-state index contributed by atoms with van der Waals surface area (Å²) in [7, 11) is 1.59. The van der Waals surface area contributed by atoms with Crippen molar-refractivity contribution in [3.8, 4) is 11.5 Å². The summed E-state index contributed by atoms with van der Waals surface area (Å²) in [5.74, 6) is -0.312. The Morgan fingerprint density at radius 2 is 1.45 bits per heavy atom. The fraction of sp³-hybridized carbons (Fsp3) is 0.407. The number of rotatable bonds is 5. The van der Waals surface area contributed by atoms with Crippen LogP contribution in [0.15, 0.2) is 42.5 Å². The van der Waals surface area contributed by atoms with Crippen molar-refractivity contribution in [2.45, 2.75) is 65.2 Å². The van der Waals surface area contributed by atoms with Crippen molar-refractivity contribution in [3.63, 3.8) is 0 Å². The number of carbonyl (C=O) groups excluding carboxylic acids is 2. The number of ether oxygens (including phenoxy) is 1. The van der Waals surface area contributed by atoms with Gasteiger partial charge in [-0.2, -0.15) is 0 Å². The van der Waals surface area contributed by atoms with Gasteiger partial charge in [0.25, 0.3) is 5.91 Å². The van der Waals surface area contributed by atoms with E-state index < -0.39 is 11.8 Å². The molecule has 0 aliphatic heterocycles. The number of carbonyl (C=O) groups is 2. The number of phenols is 1. The van der Waals surface area contributed by atoms with Crippen LogP contribution in [-0.4, -0.2) is 24.0 Å². The van der Waals surface area contributed by atoms with Gasteiger partial charge in [0, 0.05) is 6.08 Å². The van der Waals surface area contributed by atoms with E-state index in [0.29, 0.717) is 0 Å². The molecule has 0 saturated carbocycles. The van der Waals surface area contributed by atoms with Crippen molar-refractivity contribution in [3.05, 3.63) is 64.7 Å². The van der Waals surface area contributed by atoms with Gasteiger partial charge < -0.3 is 9.84 Å². The summed E-state index contributed by atoms with van der Waals surface area (Å²) in [5, 5.41) is 10.9. The molecule has 2 aromatic carbocycles. The molecule has 0 saturated heterocycles. The smallest absolute Gasteiger partial charge is 0.262 e. The molecule has 1 unspecified atom stereocenters. The monoisotopic (exact) mass is 452 g/mol. The number of hydrogen-bond donors (Lipinski definition) is 3. The van der Waals surface area contributed by atoms with Crippen LogP contribution in [0.5, 0.6) is 11.5 Å². The maximum absolute atomic E-state index is 12.8. The maximum atomic E-state index is 12.8. The van der Waals surface area contributed by atoms with Gasteiger partial charge in [0.15, 0.2) is 0 Å². The predicted octanol–water partition coefficient (Wildman–Crippen LogP) is 4.96. The van der Waals surface area contributed by atoms with Crippen LogP contribution in [0.1, 0.15) is 76.6 Å². The lowest BCUT2D eigenvalue weighted by Gasteiger charge is -2.29. The molecule has 3 N–H and O–H groups in total. The third-order valence-electron chi connectivity index (χ3n) is 5.49. The summed E-state index contributed by atoms with van der Waals surface area (Å²) < 4.78 is 5.11. The van der Waals surface area contributed by atoms with E-state index in [-0.39, 0.29) is 22.5 Å². The van der Waals surface area contributed by atoms with E-state index in [1.54, 1.807) is 32.2 Å². The number of benzene rings is 2. The minimum Gasteiger partial charge on any atom is -0.507 e. The highest BCUT2D eigenvalue weighted by Gasteiger charge is 2.28. The average molecular weight is 453 g/mol. The van der Waals surface area contributed by atoms with Crippen LogP contribution in [0.25, 0.3) is 6.08 Å². The molecule has 0 aliphatic carbocycles. The largest absolute Gasteiger partial charge is 0.507 e. The van der Waals surface area contributed by atoms with Crippen LogP contribution >= 0.6 is 0 Å². The van der Waals surface area contributed by atoms with E-state index >= 15 is 0 Å². The zero-order valence-electron chi connectivity index (χ0n) is 20.9. The van der Waals surface area contributed by atoms with E-state index in [9.17, 15) is 14.7 Å². The van der Waals surface area contributed by atoms with E-state index in [1.807, 2.05) is 65.8 Å². The maximum Gasteiger partial charge on any atom is 0.262 e. The first-order chi connectivity index (χ1) is 15.2. The molecule has 0 aromatic heterocycles. The highest BCUT2D eigenvalue weighted by atomic mass is 16.5. The summed E-state index contributed by atoms with van der Waals surface area (Å²) in [6.07, 6.45) is 3.00. The number of nitrogens with one attached hydrogen (secondary N) is 2. The predicted molar refractivity (Wildman–Crippen MR) is 132 cm³/mol. The molecule has 1 atom stereocenters. The number of amides is 2. The molecule has 2 rings (SSSR count). The van der Waals surface area contributed by atoms with Crippen molar-refractivity contribution in [1.82, 2.24) is 10.9 Å². The molecule has 0 aliphatic rings. The van der Waals surface area contributed by atoms with Crippen LogP contribution in [0.3, 0.4) is 0 Å². The van der Waals surface area contributed by atoms with Crippen LogP contribution in [0.2, 0.25) is 0 Å². The normalized spacial score (nSPS) is 13.0. The molecule has 0 fully saturated rings. The molecular formula is C27H36N2O4. The fourth-order valence-corrected chi connectivity index (χ4v) is 3.36. The minimum absolute atomic E-state index is 0.267. The summed E-state index contributed by atoms with van der Waals surface area (Å²) in [6.45, 7) is 13.9. The van der Waals surface area contributed by atoms with Gasteiger partial charge in [-0.15, -0.1) is 0 Å². The molecule has 0 radical (unpaired) electrons. The first-order valence-electron chi connectivity index (χ1n) is 11.0. The second-order valence-corrected chi connectivity index (χ2v) is 10.3. The highest BCUT2D eigenvalue weighted by Crippen LogP contribution is 2.41. The van der Waals surface area contributed by atoms with Gasteiger partial charge in [-0.1, -0.05) is 65.8 Å². The SMILES string of the molecule is COc1ccc(/C=C/C(=O)NNC(=O)C(C)c2cc(C(C)(C)C)c(O)c(C(C)(C)C)c2)cc1. The van der Waals surface area contributed by atoms with Crippen molar-refractivity contribution in [2.24, 2.45) is 0 Å². The van der Waals surface area contributed by atoms with Gasteiger partial charge in [-0.05, 0) is 58.2 Å². The van der Waals surface area contributed by atoms with Crippen LogP contribution in [0, 0.1) is 0 Å². The van der Waals surface area contributed by atoms with Crippen molar-refractivity contribution in [2.75, 3.05) is 7.11 Å². The standard InChI is InChI=1S/C27H36N2O4/c1-17(19-15-21(26(2,3)4)24(31)22(16-19)27(5,6)7)25(32)29-28-23(30)14-11-18-9-12-20(33-8)13-10-18/h9-17,31H,1-8H3,(H,28,30)(H,29,32)/b14-11+. The van der Waals surface area contributed by atoms with Gasteiger partial charge in [0.05, 0.1) is 13.0 Å². The molecule has 2 amide bonds. The lowest BCUT2D eigenvalue weighted by atomic mass is 9.77. The molecule has 0 heterocycles. The Labute approximate surface area is 197 Å². The summed E-state index contributed by atoms with van der Waals surface area (Å²) in [6, 6.07) is 11.0. The van der Waals surface area contributed by atoms with Crippen LogP contribution in [-0.2, 0) is 20.4 Å². The van der Waals surface area contributed by atoms with Crippen molar-refractivity contribution in [1.29, 1.82) is 0 Å². The van der Waals surface area contributed by atoms with E-state index in [1.165, 1.54) is 6.08 Å². The topological polar surface area (TPSA) is 87.7 Å². The summed E-state index contributed by atoms with van der Waals surface area (Å²) in [5.41, 5.74) is 7.52. The Morgan fingerprint density at radius 3 is 1.91 bits per heavy atom. The minimum atomic E-state index is -0.529. The molecule has 178 valence electrons. The van der Waals surface area contributed by atoms with E-state index in [4.69, 9.17) is 4.74 Å². The second-order valence-electron chi connectivity index (χ2n) is 10.3. The Bertz CT molecular complexity index is 991. The van der Waals surface area contributed by atoms with Crippen molar-refractivity contribution < 1.29 is 19.4 Å². The molecule has 6 heteroatoms. The average Bonchev–Trinajstić information content (AvgIpc) is 2.74. The summed E-state index contributed by atoms with van der Waals surface area (Å²) in [4.78, 5) is 24.9. The Kier molecular flexibility index (Phi) is 7.96. The lowest BCUT2D eigenvalue weighted by molar-refractivity contribution is -0.127. The number of methoxy groups -OCH3 is 1. The van der Waals surface area contributed by atoms with E-state index in [2.05, 4.69) is 10.9 Å². The first-order valence-corrected chi connectivity index (χ1v) is 11.0. The van der Waals surface area contributed by atoms with Crippen molar-refractivity contribution >= 4 is 17.9 Å². The van der Waals surface area contributed by atoms with Gasteiger partial charge in [0.2, 0.25) is 5.91 Å². The number of hydrogen-bond acceptors (Lipinski definition) is 4. The zero-order chi connectivity index (χ0) is 25.0. The molecule has 33 heavy (non-hydrogen) atoms.